The number of non-ortho nitro benzene ring substituents is 1. The molecule has 0 aromatic heterocycles. The molecular weight excluding hydrogens is 254 g/mol. The van der Waals surface area contributed by atoms with Crippen LogP contribution in [0.25, 0.3) is 0 Å². The van der Waals surface area contributed by atoms with E-state index in [1.165, 1.54) is 17.7 Å². The van der Waals surface area contributed by atoms with Gasteiger partial charge in [-0.25, -0.2) is 0 Å². The van der Waals surface area contributed by atoms with Gasteiger partial charge < -0.3 is 0 Å². The molecule has 0 atom stereocenters. The summed E-state index contributed by atoms with van der Waals surface area (Å²) in [6, 6.07) is 13.8. The van der Waals surface area contributed by atoms with Gasteiger partial charge in [0.2, 0.25) is 0 Å². The molecule has 0 aliphatic rings. The lowest BCUT2D eigenvalue weighted by atomic mass is 10.0. The molecule has 2 aromatic rings. The first-order chi connectivity index (χ1) is 9.56. The van der Waals surface area contributed by atoms with Gasteiger partial charge in [-0.05, 0) is 35.7 Å². The van der Waals surface area contributed by atoms with E-state index in [2.05, 4.69) is 24.1 Å². The van der Waals surface area contributed by atoms with Gasteiger partial charge in [0.25, 0.3) is 5.69 Å². The number of nitro benzene ring substituents is 1. The van der Waals surface area contributed by atoms with Crippen LogP contribution >= 0.6 is 0 Å². The zero-order valence-corrected chi connectivity index (χ0v) is 11.4. The summed E-state index contributed by atoms with van der Waals surface area (Å²) >= 11 is 0. The highest BCUT2D eigenvalue weighted by Crippen LogP contribution is 2.23. The molecule has 102 valence electrons. The number of rotatable bonds is 4. The Morgan fingerprint density at radius 2 is 1.35 bits per heavy atom. The van der Waals surface area contributed by atoms with Crippen molar-refractivity contribution in [3.05, 3.63) is 64.2 Å². The topological polar surface area (TPSA) is 67.9 Å². The van der Waals surface area contributed by atoms with Crippen molar-refractivity contribution in [3.63, 3.8) is 0 Å². The monoisotopic (exact) mass is 269 g/mol. The fourth-order valence-corrected chi connectivity index (χ4v) is 1.68. The normalized spacial score (nSPS) is 11.2. The molecule has 0 amide bonds. The van der Waals surface area contributed by atoms with Crippen LogP contribution in [0.1, 0.15) is 25.3 Å². The first-order valence-electron chi connectivity index (χ1n) is 6.32. The van der Waals surface area contributed by atoms with Crippen molar-refractivity contribution in [1.82, 2.24) is 0 Å². The van der Waals surface area contributed by atoms with Crippen molar-refractivity contribution in [2.45, 2.75) is 19.8 Å². The first kappa shape index (κ1) is 13.9. The van der Waals surface area contributed by atoms with E-state index in [9.17, 15) is 10.1 Å². The van der Waals surface area contributed by atoms with Gasteiger partial charge in [0.15, 0.2) is 0 Å². The third-order valence-electron chi connectivity index (χ3n) is 2.90. The van der Waals surface area contributed by atoms with E-state index in [1.807, 2.05) is 24.3 Å². The molecule has 5 heteroatoms. The minimum Gasteiger partial charge on any atom is -0.258 e. The average molecular weight is 269 g/mol. The van der Waals surface area contributed by atoms with Crippen LogP contribution in [0.15, 0.2) is 58.8 Å². The second kappa shape index (κ2) is 6.06. The first-order valence-corrected chi connectivity index (χ1v) is 6.32. The van der Waals surface area contributed by atoms with E-state index >= 15 is 0 Å². The molecule has 0 spiro atoms. The van der Waals surface area contributed by atoms with E-state index < -0.39 is 4.92 Å². The quantitative estimate of drug-likeness (QED) is 0.438. The Morgan fingerprint density at radius 1 is 0.900 bits per heavy atom. The van der Waals surface area contributed by atoms with Crippen LogP contribution in [0.2, 0.25) is 0 Å². The van der Waals surface area contributed by atoms with Gasteiger partial charge in [-0.15, -0.1) is 0 Å². The third-order valence-corrected chi connectivity index (χ3v) is 2.90. The molecule has 5 nitrogen and oxygen atoms in total. The van der Waals surface area contributed by atoms with Crippen LogP contribution in [0, 0.1) is 10.1 Å². The van der Waals surface area contributed by atoms with Gasteiger partial charge in [0.1, 0.15) is 0 Å². The highest BCUT2D eigenvalue weighted by molar-refractivity contribution is 5.45. The molecule has 0 aliphatic carbocycles. The SMILES string of the molecule is CC(C)c1ccc(N=Nc2ccc([N+](=O)[O-])cc2)cc1. The van der Waals surface area contributed by atoms with Gasteiger partial charge >= 0.3 is 0 Å². The summed E-state index contributed by atoms with van der Waals surface area (Å²) in [4.78, 5) is 10.1. The van der Waals surface area contributed by atoms with Gasteiger partial charge in [0.05, 0.1) is 16.3 Å². The molecule has 0 fully saturated rings. The highest BCUT2D eigenvalue weighted by Gasteiger charge is 2.03. The lowest BCUT2D eigenvalue weighted by Gasteiger charge is -2.03. The van der Waals surface area contributed by atoms with Crippen LogP contribution in [0.5, 0.6) is 0 Å². The van der Waals surface area contributed by atoms with Crippen molar-refractivity contribution < 1.29 is 4.92 Å². The van der Waals surface area contributed by atoms with Crippen molar-refractivity contribution >= 4 is 17.1 Å². The Balaban J connectivity index is 2.10. The van der Waals surface area contributed by atoms with Crippen LogP contribution in [0.4, 0.5) is 17.1 Å². The third kappa shape index (κ3) is 3.47. The van der Waals surface area contributed by atoms with Crippen molar-refractivity contribution in [2.75, 3.05) is 0 Å². The standard InChI is InChI=1S/C15H15N3O2/c1-11(2)12-3-5-13(6-4-12)16-17-14-7-9-15(10-8-14)18(19)20/h3-11H,1-2H3. The van der Waals surface area contributed by atoms with Gasteiger partial charge in [0, 0.05) is 12.1 Å². The van der Waals surface area contributed by atoms with Crippen LogP contribution in [-0.2, 0) is 0 Å². The molecule has 0 saturated carbocycles. The van der Waals surface area contributed by atoms with Crippen LogP contribution in [-0.4, -0.2) is 4.92 Å². The summed E-state index contributed by atoms with van der Waals surface area (Å²) in [6.07, 6.45) is 0. The van der Waals surface area contributed by atoms with E-state index in [-0.39, 0.29) is 5.69 Å². The summed E-state index contributed by atoms with van der Waals surface area (Å²) < 4.78 is 0. The number of azo groups is 1. The predicted molar refractivity (Wildman–Crippen MR) is 77.8 cm³/mol. The summed E-state index contributed by atoms with van der Waals surface area (Å²) in [7, 11) is 0. The minimum absolute atomic E-state index is 0.0465. The molecule has 0 aliphatic heterocycles. The molecule has 0 bridgehead atoms. The maximum Gasteiger partial charge on any atom is 0.269 e. The smallest absolute Gasteiger partial charge is 0.258 e. The fourth-order valence-electron chi connectivity index (χ4n) is 1.68. The molecule has 0 N–H and O–H groups in total. The highest BCUT2D eigenvalue weighted by atomic mass is 16.6. The molecule has 0 saturated heterocycles. The summed E-state index contributed by atoms with van der Waals surface area (Å²) in [5, 5.41) is 18.7. The molecule has 0 heterocycles. The van der Waals surface area contributed by atoms with Gasteiger partial charge in [-0.2, -0.15) is 10.2 Å². The summed E-state index contributed by atoms with van der Waals surface area (Å²) in [5.74, 6) is 0.482. The largest absolute Gasteiger partial charge is 0.269 e. The number of hydrogen-bond donors (Lipinski definition) is 0. The van der Waals surface area contributed by atoms with Crippen molar-refractivity contribution in [2.24, 2.45) is 10.2 Å². The maximum atomic E-state index is 10.5. The summed E-state index contributed by atoms with van der Waals surface area (Å²) in [5.41, 5.74) is 2.64. The Kier molecular flexibility index (Phi) is 4.20. The van der Waals surface area contributed by atoms with E-state index in [0.717, 1.165) is 5.69 Å². The Hall–Kier alpha value is -2.56. The molecule has 2 rings (SSSR count). The minimum atomic E-state index is -0.439. The van der Waals surface area contributed by atoms with Crippen LogP contribution in [0.3, 0.4) is 0 Å². The average Bonchev–Trinajstić information content (AvgIpc) is 2.46. The number of hydrogen-bond acceptors (Lipinski definition) is 4. The van der Waals surface area contributed by atoms with E-state index in [1.54, 1.807) is 12.1 Å². The van der Waals surface area contributed by atoms with Crippen molar-refractivity contribution in [3.8, 4) is 0 Å². The van der Waals surface area contributed by atoms with Gasteiger partial charge in [-0.1, -0.05) is 26.0 Å². The molecular formula is C15H15N3O2. The molecule has 2 aromatic carbocycles. The zero-order chi connectivity index (χ0) is 14.5. The predicted octanol–water partition coefficient (Wildman–Crippen LogP) is 5.13. The second-order valence-electron chi connectivity index (χ2n) is 4.72. The fraction of sp³-hybridized carbons (Fsp3) is 0.200. The number of benzene rings is 2. The Morgan fingerprint density at radius 3 is 1.75 bits per heavy atom. The zero-order valence-electron chi connectivity index (χ0n) is 11.4. The van der Waals surface area contributed by atoms with Crippen molar-refractivity contribution in [1.29, 1.82) is 0 Å². The lowest BCUT2D eigenvalue weighted by Crippen LogP contribution is -1.85. The lowest BCUT2D eigenvalue weighted by molar-refractivity contribution is -0.384. The molecule has 0 radical (unpaired) electrons. The molecule has 20 heavy (non-hydrogen) atoms. The number of nitrogens with zero attached hydrogens (tertiary/aromatic N) is 3. The Bertz CT molecular complexity index is 617. The second-order valence-corrected chi connectivity index (χ2v) is 4.72. The summed E-state index contributed by atoms with van der Waals surface area (Å²) in [6.45, 7) is 4.26. The van der Waals surface area contributed by atoms with Crippen LogP contribution < -0.4 is 0 Å². The van der Waals surface area contributed by atoms with E-state index in [0.29, 0.717) is 11.6 Å². The van der Waals surface area contributed by atoms with E-state index in [4.69, 9.17) is 0 Å². The molecule has 0 unspecified atom stereocenters. The van der Waals surface area contributed by atoms with Gasteiger partial charge in [-0.3, -0.25) is 10.1 Å². The Labute approximate surface area is 117 Å². The maximum absolute atomic E-state index is 10.5. The number of nitro groups is 1.